The molecule has 0 aromatic heterocycles. The second kappa shape index (κ2) is 7.71. The van der Waals surface area contributed by atoms with Crippen molar-refractivity contribution >= 4 is 35.5 Å². The molecule has 108 valence electrons. The second-order valence-corrected chi connectivity index (χ2v) is 5.58. The zero-order chi connectivity index (χ0) is 15.1. The molecule has 0 saturated carbocycles. The van der Waals surface area contributed by atoms with Crippen LogP contribution in [0.15, 0.2) is 58.5 Å². The first kappa shape index (κ1) is 15.4. The summed E-state index contributed by atoms with van der Waals surface area (Å²) in [6.45, 7) is 0. The van der Waals surface area contributed by atoms with E-state index in [1.165, 1.54) is 18.0 Å². The topological polar surface area (TPSA) is 61.7 Å². The number of hydrazone groups is 1. The number of phenolic OH excluding ortho intramolecular Hbond substituents is 1. The highest BCUT2D eigenvalue weighted by molar-refractivity contribution is 8.00. The van der Waals surface area contributed by atoms with Gasteiger partial charge >= 0.3 is 0 Å². The van der Waals surface area contributed by atoms with Crippen LogP contribution in [0.4, 0.5) is 0 Å². The van der Waals surface area contributed by atoms with Crippen LogP contribution in [0.25, 0.3) is 0 Å². The van der Waals surface area contributed by atoms with Crippen LogP contribution < -0.4 is 5.43 Å². The number of aromatic hydroxyl groups is 1. The smallest absolute Gasteiger partial charge is 0.250 e. The maximum atomic E-state index is 11.6. The predicted molar refractivity (Wildman–Crippen MR) is 86.0 cm³/mol. The third-order valence-corrected chi connectivity index (χ3v) is 3.78. The Labute approximate surface area is 131 Å². The average molecular weight is 321 g/mol. The Morgan fingerprint density at radius 1 is 1.24 bits per heavy atom. The lowest BCUT2D eigenvalue weighted by Crippen LogP contribution is -2.19. The predicted octanol–water partition coefficient (Wildman–Crippen LogP) is 3.29. The molecule has 2 aromatic rings. The number of nitrogens with one attached hydrogen (secondary N) is 1. The molecule has 0 unspecified atom stereocenters. The summed E-state index contributed by atoms with van der Waals surface area (Å²) in [6.07, 6.45) is 1.40. The van der Waals surface area contributed by atoms with Crippen molar-refractivity contribution < 1.29 is 9.90 Å². The lowest BCUT2D eigenvalue weighted by molar-refractivity contribution is -0.118. The number of nitrogens with zero attached hydrogens (tertiary/aromatic N) is 1. The molecule has 0 radical (unpaired) electrons. The third-order valence-electron chi connectivity index (χ3n) is 2.51. The van der Waals surface area contributed by atoms with Gasteiger partial charge in [0, 0.05) is 15.5 Å². The van der Waals surface area contributed by atoms with E-state index in [0.717, 1.165) is 4.90 Å². The second-order valence-electron chi connectivity index (χ2n) is 4.09. The molecule has 0 fully saturated rings. The zero-order valence-electron chi connectivity index (χ0n) is 11.0. The van der Waals surface area contributed by atoms with Gasteiger partial charge in [0.05, 0.1) is 12.0 Å². The van der Waals surface area contributed by atoms with Crippen LogP contribution in [0.5, 0.6) is 5.75 Å². The Morgan fingerprint density at radius 2 is 1.95 bits per heavy atom. The molecule has 2 aromatic carbocycles. The van der Waals surface area contributed by atoms with Gasteiger partial charge in [0.2, 0.25) is 5.91 Å². The van der Waals surface area contributed by atoms with Gasteiger partial charge in [0.15, 0.2) is 0 Å². The Morgan fingerprint density at radius 3 is 2.67 bits per heavy atom. The van der Waals surface area contributed by atoms with Crippen molar-refractivity contribution in [3.63, 3.8) is 0 Å². The summed E-state index contributed by atoms with van der Waals surface area (Å²) >= 11 is 7.18. The summed E-state index contributed by atoms with van der Waals surface area (Å²) in [5, 5.41) is 14.0. The van der Waals surface area contributed by atoms with Gasteiger partial charge in [0.1, 0.15) is 5.75 Å². The summed E-state index contributed by atoms with van der Waals surface area (Å²) in [4.78, 5) is 12.6. The first-order valence-electron chi connectivity index (χ1n) is 6.13. The molecule has 2 rings (SSSR count). The van der Waals surface area contributed by atoms with E-state index in [4.69, 9.17) is 11.6 Å². The number of halogens is 1. The van der Waals surface area contributed by atoms with Gasteiger partial charge in [-0.3, -0.25) is 4.79 Å². The number of carbonyl (C=O) groups excluding carboxylic acids is 1. The minimum Gasteiger partial charge on any atom is -0.507 e. The largest absolute Gasteiger partial charge is 0.507 e. The highest BCUT2D eigenvalue weighted by atomic mass is 35.5. The van der Waals surface area contributed by atoms with Crippen molar-refractivity contribution in [2.45, 2.75) is 4.90 Å². The van der Waals surface area contributed by atoms with E-state index in [1.54, 1.807) is 36.4 Å². The van der Waals surface area contributed by atoms with Gasteiger partial charge in [-0.15, -0.1) is 11.8 Å². The number of phenols is 1. The van der Waals surface area contributed by atoms with Crippen LogP contribution in [0.3, 0.4) is 0 Å². The van der Waals surface area contributed by atoms with E-state index in [9.17, 15) is 9.90 Å². The molecule has 0 heterocycles. The maximum absolute atomic E-state index is 11.6. The van der Waals surface area contributed by atoms with E-state index in [2.05, 4.69) is 10.5 Å². The molecule has 21 heavy (non-hydrogen) atoms. The number of hydrogen-bond acceptors (Lipinski definition) is 4. The highest BCUT2D eigenvalue weighted by Crippen LogP contribution is 2.19. The fraction of sp³-hybridized carbons (Fsp3) is 0.0667. The van der Waals surface area contributed by atoms with Gasteiger partial charge in [-0.25, -0.2) is 5.43 Å². The number of carbonyl (C=O) groups is 1. The van der Waals surface area contributed by atoms with Gasteiger partial charge in [-0.2, -0.15) is 5.10 Å². The number of amides is 1. The van der Waals surface area contributed by atoms with Crippen LogP contribution in [-0.4, -0.2) is 23.0 Å². The van der Waals surface area contributed by atoms with Crippen molar-refractivity contribution in [3.05, 3.63) is 59.1 Å². The molecule has 6 heteroatoms. The number of benzene rings is 2. The van der Waals surface area contributed by atoms with E-state index < -0.39 is 0 Å². The average Bonchev–Trinajstić information content (AvgIpc) is 2.49. The SMILES string of the molecule is O=C(CSc1ccc(Cl)cc1)N/N=C\c1ccccc1O. The summed E-state index contributed by atoms with van der Waals surface area (Å²) in [7, 11) is 0. The molecule has 1 amide bonds. The summed E-state index contributed by atoms with van der Waals surface area (Å²) < 4.78 is 0. The van der Waals surface area contributed by atoms with Crippen LogP contribution in [-0.2, 0) is 4.79 Å². The van der Waals surface area contributed by atoms with Crippen LogP contribution >= 0.6 is 23.4 Å². The molecule has 0 atom stereocenters. The normalized spacial score (nSPS) is 10.7. The first-order valence-corrected chi connectivity index (χ1v) is 7.50. The first-order chi connectivity index (χ1) is 10.1. The standard InChI is InChI=1S/C15H13ClN2O2S/c16-12-5-7-13(8-6-12)21-10-15(20)18-17-9-11-3-1-2-4-14(11)19/h1-9,19H,10H2,(H,18,20)/b17-9-. The number of hydrogen-bond donors (Lipinski definition) is 2. The molecular weight excluding hydrogens is 308 g/mol. The van der Waals surface area contributed by atoms with E-state index in [1.807, 2.05) is 12.1 Å². The van der Waals surface area contributed by atoms with Gasteiger partial charge in [-0.05, 0) is 36.4 Å². The molecule has 0 aliphatic rings. The summed E-state index contributed by atoms with van der Waals surface area (Å²) in [6, 6.07) is 14.0. The van der Waals surface area contributed by atoms with E-state index >= 15 is 0 Å². The minimum atomic E-state index is -0.221. The fourth-order valence-corrected chi connectivity index (χ4v) is 2.30. The Bertz CT molecular complexity index is 644. The van der Waals surface area contributed by atoms with Gasteiger partial charge in [-0.1, -0.05) is 23.7 Å². The van der Waals surface area contributed by atoms with Crippen LogP contribution in [0.2, 0.25) is 5.02 Å². The van der Waals surface area contributed by atoms with Crippen molar-refractivity contribution in [2.75, 3.05) is 5.75 Å². The fourth-order valence-electron chi connectivity index (χ4n) is 1.48. The quantitative estimate of drug-likeness (QED) is 0.505. The van der Waals surface area contributed by atoms with Gasteiger partial charge in [0.25, 0.3) is 0 Å². The van der Waals surface area contributed by atoms with Crippen LogP contribution in [0, 0.1) is 0 Å². The van der Waals surface area contributed by atoms with Crippen molar-refractivity contribution in [2.24, 2.45) is 5.10 Å². The van der Waals surface area contributed by atoms with Gasteiger partial charge < -0.3 is 5.11 Å². The van der Waals surface area contributed by atoms with Crippen molar-refractivity contribution in [3.8, 4) is 5.75 Å². The summed E-state index contributed by atoms with van der Waals surface area (Å²) in [5.74, 6) is 0.146. The maximum Gasteiger partial charge on any atom is 0.250 e. The van der Waals surface area contributed by atoms with Crippen LogP contribution in [0.1, 0.15) is 5.56 Å². The molecule has 0 spiro atoms. The molecule has 2 N–H and O–H groups in total. The van der Waals surface area contributed by atoms with Crippen molar-refractivity contribution in [1.82, 2.24) is 5.43 Å². The molecule has 0 aliphatic carbocycles. The monoisotopic (exact) mass is 320 g/mol. The molecule has 4 nitrogen and oxygen atoms in total. The van der Waals surface area contributed by atoms with Crippen molar-refractivity contribution in [1.29, 1.82) is 0 Å². The third kappa shape index (κ3) is 5.13. The van der Waals surface area contributed by atoms with E-state index in [-0.39, 0.29) is 17.4 Å². The Balaban J connectivity index is 1.80. The summed E-state index contributed by atoms with van der Waals surface area (Å²) in [5.41, 5.74) is 2.96. The lowest BCUT2D eigenvalue weighted by Gasteiger charge is -2.01. The lowest BCUT2D eigenvalue weighted by atomic mass is 10.2. The molecular formula is C15H13ClN2O2S. The number of thioether (sulfide) groups is 1. The van der Waals surface area contributed by atoms with E-state index in [0.29, 0.717) is 10.6 Å². The molecule has 0 aliphatic heterocycles. The zero-order valence-corrected chi connectivity index (χ0v) is 12.6. The Hall–Kier alpha value is -1.98. The number of para-hydroxylation sites is 1. The molecule has 0 saturated heterocycles. The minimum absolute atomic E-state index is 0.117. The number of rotatable bonds is 5. The molecule has 0 bridgehead atoms. The highest BCUT2D eigenvalue weighted by Gasteiger charge is 2.02. The Kier molecular flexibility index (Phi) is 5.66.